The first kappa shape index (κ1) is 44.9. The van der Waals surface area contributed by atoms with Crippen molar-refractivity contribution in [3.8, 4) is 22.5 Å². The highest BCUT2D eigenvalue weighted by molar-refractivity contribution is 7.89. The molecule has 1 aliphatic heterocycles. The first-order valence-electron chi connectivity index (χ1n) is 21.0. The minimum absolute atomic E-state index is 0.0207. The van der Waals surface area contributed by atoms with Gasteiger partial charge in [0.25, 0.3) is 11.8 Å². The number of halogens is 1. The topological polar surface area (TPSA) is 151 Å². The van der Waals surface area contributed by atoms with Crippen molar-refractivity contribution in [3.05, 3.63) is 126 Å². The van der Waals surface area contributed by atoms with Gasteiger partial charge in [-0.2, -0.15) is 0 Å². The maximum absolute atomic E-state index is 14.9. The lowest BCUT2D eigenvalue weighted by atomic mass is 10.1. The predicted octanol–water partition coefficient (Wildman–Crippen LogP) is 9.26. The Balaban J connectivity index is 1.26. The third-order valence-electron chi connectivity index (χ3n) is 10.8. The van der Waals surface area contributed by atoms with Gasteiger partial charge >= 0.3 is 6.03 Å². The number of hydrogen-bond donors (Lipinski definition) is 2. The molecule has 4 amide bonds. The average Bonchev–Trinajstić information content (AvgIpc) is 3.75. The van der Waals surface area contributed by atoms with E-state index in [1.165, 1.54) is 61.6 Å². The molecule has 1 fully saturated rings. The standard InChI is InChI=1S/C47H53ClN6O6S/c1-3-4-5-6-7-8-9-10-11-21-30-49-61(59,60)37-28-29-38(48)39(31-37)50-46(57)43(54-40(55)33-53(47(54)58)32-34-22-15-12-16-23-34)44(56)45-51-41(35-24-17-13-18-25-35)42(52(45)2)36-26-19-14-20-27-36/h12-20,22-29,31,43,49H,3-11,21,30,32-33H2,1-2H3,(H,50,57). The number of imidazole rings is 1. The summed E-state index contributed by atoms with van der Waals surface area (Å²) in [5, 5.41) is 2.57. The Morgan fingerprint density at radius 2 is 1.34 bits per heavy atom. The van der Waals surface area contributed by atoms with Gasteiger partial charge in [-0.15, -0.1) is 0 Å². The molecule has 0 radical (unpaired) electrons. The third-order valence-corrected chi connectivity index (χ3v) is 12.6. The summed E-state index contributed by atoms with van der Waals surface area (Å²) < 4.78 is 31.0. The molecule has 2 N–H and O–H groups in total. The van der Waals surface area contributed by atoms with E-state index in [1.807, 2.05) is 66.7 Å². The molecule has 5 aromatic rings. The van der Waals surface area contributed by atoms with Crippen molar-refractivity contribution in [3.63, 3.8) is 0 Å². The number of carbonyl (C=O) groups is 4. The monoisotopic (exact) mass is 864 g/mol. The number of hydrogen-bond acceptors (Lipinski definition) is 7. The molecule has 61 heavy (non-hydrogen) atoms. The number of urea groups is 1. The number of rotatable bonds is 22. The zero-order valence-corrected chi connectivity index (χ0v) is 36.3. The maximum atomic E-state index is 14.9. The quantitative estimate of drug-likeness (QED) is 0.0305. The van der Waals surface area contributed by atoms with Gasteiger partial charge in [0, 0.05) is 31.3 Å². The lowest BCUT2D eigenvalue weighted by Gasteiger charge is -2.25. The molecule has 1 aromatic heterocycles. The first-order valence-corrected chi connectivity index (χ1v) is 22.8. The number of amides is 4. The van der Waals surface area contributed by atoms with E-state index >= 15 is 0 Å². The van der Waals surface area contributed by atoms with Crippen molar-refractivity contribution in [1.82, 2.24) is 24.1 Å². The van der Waals surface area contributed by atoms with Gasteiger partial charge in [-0.1, -0.05) is 167 Å². The Kier molecular flexibility index (Phi) is 15.6. The molecular formula is C47H53ClN6O6S. The lowest BCUT2D eigenvalue weighted by Crippen LogP contribution is -2.53. The third kappa shape index (κ3) is 11.2. The molecule has 2 heterocycles. The molecule has 0 aliphatic carbocycles. The molecule has 0 spiro atoms. The SMILES string of the molecule is CCCCCCCCCCCCNS(=O)(=O)c1ccc(Cl)c(NC(=O)C(C(=O)c2nc(-c3ccccc3)c(-c3ccccc3)n2C)N2C(=O)CN(Cc3ccccc3)C2=O)c1. The van der Waals surface area contributed by atoms with E-state index in [-0.39, 0.29) is 41.1 Å². The molecule has 1 atom stereocenters. The minimum atomic E-state index is -4.02. The summed E-state index contributed by atoms with van der Waals surface area (Å²) >= 11 is 6.54. The summed E-state index contributed by atoms with van der Waals surface area (Å²) in [5.74, 6) is -2.96. The molecule has 0 bridgehead atoms. The van der Waals surface area contributed by atoms with Crippen LogP contribution in [0.3, 0.4) is 0 Å². The van der Waals surface area contributed by atoms with Gasteiger partial charge in [-0.05, 0) is 30.2 Å². The average molecular weight is 865 g/mol. The van der Waals surface area contributed by atoms with Crippen LogP contribution in [0.25, 0.3) is 22.5 Å². The van der Waals surface area contributed by atoms with Gasteiger partial charge in [0.15, 0.2) is 11.9 Å². The summed E-state index contributed by atoms with van der Waals surface area (Å²) in [6.07, 6.45) is 11.1. The number of Topliss-reactive ketones (excluding diaryl/α,β-unsaturated/α-hetero) is 1. The van der Waals surface area contributed by atoms with E-state index in [4.69, 9.17) is 16.6 Å². The zero-order chi connectivity index (χ0) is 43.4. The van der Waals surface area contributed by atoms with E-state index in [9.17, 15) is 27.6 Å². The molecule has 0 saturated carbocycles. The highest BCUT2D eigenvalue weighted by Crippen LogP contribution is 2.34. The fourth-order valence-corrected chi connectivity index (χ4v) is 8.80. The molecule has 1 unspecified atom stereocenters. The van der Waals surface area contributed by atoms with Gasteiger partial charge in [0.2, 0.25) is 15.8 Å². The zero-order valence-electron chi connectivity index (χ0n) is 34.7. The fraction of sp³-hybridized carbons (Fsp3) is 0.340. The molecular weight excluding hydrogens is 812 g/mol. The number of aromatic nitrogens is 2. The van der Waals surface area contributed by atoms with Crippen LogP contribution in [0, 0.1) is 0 Å². The summed E-state index contributed by atoms with van der Waals surface area (Å²) in [4.78, 5) is 63.9. The number of nitrogens with one attached hydrogen (secondary N) is 2. The normalized spacial score (nSPS) is 13.5. The Bertz CT molecular complexity index is 2410. The Morgan fingerprint density at radius 3 is 1.97 bits per heavy atom. The second kappa shape index (κ2) is 21.2. The van der Waals surface area contributed by atoms with Crippen molar-refractivity contribution in [1.29, 1.82) is 0 Å². The summed E-state index contributed by atoms with van der Waals surface area (Å²) in [6.45, 7) is 2.11. The van der Waals surface area contributed by atoms with E-state index in [0.29, 0.717) is 28.3 Å². The Labute approximate surface area is 363 Å². The van der Waals surface area contributed by atoms with Crippen LogP contribution in [-0.2, 0) is 33.2 Å². The molecule has 1 aliphatic rings. The van der Waals surface area contributed by atoms with Crippen LogP contribution in [-0.4, -0.2) is 70.5 Å². The lowest BCUT2D eigenvalue weighted by molar-refractivity contribution is -0.131. The maximum Gasteiger partial charge on any atom is 0.328 e. The van der Waals surface area contributed by atoms with Crippen molar-refractivity contribution in [2.75, 3.05) is 18.4 Å². The van der Waals surface area contributed by atoms with Gasteiger partial charge in [-0.3, -0.25) is 14.4 Å². The summed E-state index contributed by atoms with van der Waals surface area (Å²) in [6, 6.07) is 28.5. The van der Waals surface area contributed by atoms with Gasteiger partial charge in [-0.25, -0.2) is 27.8 Å². The van der Waals surface area contributed by atoms with Crippen LogP contribution in [0.5, 0.6) is 0 Å². The Hall–Kier alpha value is -5.63. The number of unbranched alkanes of at least 4 members (excludes halogenated alkanes) is 9. The van der Waals surface area contributed by atoms with Crippen molar-refractivity contribution < 1.29 is 27.6 Å². The van der Waals surface area contributed by atoms with E-state index < -0.39 is 39.7 Å². The van der Waals surface area contributed by atoms with Crippen molar-refractivity contribution in [2.45, 2.75) is 88.6 Å². The minimum Gasteiger partial charge on any atom is -0.324 e. The second-order valence-corrected chi connectivity index (χ2v) is 17.5. The number of carbonyl (C=O) groups excluding carboxylic acids is 4. The second-order valence-electron chi connectivity index (χ2n) is 15.3. The number of sulfonamides is 1. The van der Waals surface area contributed by atoms with Crippen LogP contribution in [0.2, 0.25) is 5.02 Å². The van der Waals surface area contributed by atoms with Gasteiger partial charge in [0.05, 0.1) is 27.0 Å². The number of ketones is 1. The molecule has 12 nitrogen and oxygen atoms in total. The molecule has 6 rings (SSSR count). The van der Waals surface area contributed by atoms with Crippen LogP contribution in [0.4, 0.5) is 10.5 Å². The number of benzene rings is 4. The molecule has 320 valence electrons. The van der Waals surface area contributed by atoms with Crippen LogP contribution < -0.4 is 10.0 Å². The van der Waals surface area contributed by atoms with Crippen LogP contribution in [0.1, 0.15) is 87.3 Å². The predicted molar refractivity (Wildman–Crippen MR) is 238 cm³/mol. The number of anilines is 1. The Morgan fingerprint density at radius 1 is 0.770 bits per heavy atom. The van der Waals surface area contributed by atoms with E-state index in [1.54, 1.807) is 35.9 Å². The largest absolute Gasteiger partial charge is 0.328 e. The molecule has 4 aromatic carbocycles. The first-order chi connectivity index (χ1) is 29.5. The van der Waals surface area contributed by atoms with Crippen LogP contribution in [0.15, 0.2) is 114 Å². The summed E-state index contributed by atoms with van der Waals surface area (Å²) in [7, 11) is -2.39. The summed E-state index contributed by atoms with van der Waals surface area (Å²) in [5.41, 5.74) is 3.09. The van der Waals surface area contributed by atoms with Crippen molar-refractivity contribution >= 4 is 50.9 Å². The van der Waals surface area contributed by atoms with Gasteiger partial charge in [0.1, 0.15) is 6.54 Å². The van der Waals surface area contributed by atoms with Gasteiger partial charge < -0.3 is 14.8 Å². The number of imide groups is 1. The van der Waals surface area contributed by atoms with E-state index in [0.717, 1.165) is 30.4 Å². The van der Waals surface area contributed by atoms with Crippen molar-refractivity contribution in [2.24, 2.45) is 7.05 Å². The van der Waals surface area contributed by atoms with Crippen LogP contribution >= 0.6 is 11.6 Å². The highest BCUT2D eigenvalue weighted by atomic mass is 35.5. The fourth-order valence-electron chi connectivity index (χ4n) is 7.54. The molecule has 1 saturated heterocycles. The highest BCUT2D eigenvalue weighted by Gasteiger charge is 2.48. The number of nitrogens with zero attached hydrogens (tertiary/aromatic N) is 4. The smallest absolute Gasteiger partial charge is 0.324 e. The van der Waals surface area contributed by atoms with E-state index in [2.05, 4.69) is 17.0 Å². The molecule has 14 heteroatoms.